The minimum atomic E-state index is -3.48. The van der Waals surface area contributed by atoms with Crippen LogP contribution in [0.15, 0.2) is 29.2 Å². The molecule has 1 aliphatic heterocycles. The van der Waals surface area contributed by atoms with E-state index in [-0.39, 0.29) is 16.8 Å². The Bertz CT molecular complexity index is 688. The van der Waals surface area contributed by atoms with Crippen LogP contribution in [0.1, 0.15) is 16.8 Å². The molecule has 2 rings (SSSR count). The van der Waals surface area contributed by atoms with Gasteiger partial charge < -0.3 is 9.80 Å². The summed E-state index contributed by atoms with van der Waals surface area (Å²) >= 11 is 1.89. The van der Waals surface area contributed by atoms with Crippen molar-refractivity contribution in [1.29, 1.82) is 0 Å². The zero-order valence-corrected chi connectivity index (χ0v) is 16.9. The Labute approximate surface area is 155 Å². The third kappa shape index (κ3) is 4.97. The molecule has 1 aromatic carbocycles. The number of likely N-dealkylation sites (N-methyl/N-ethyl adjacent to an activating group) is 1. The van der Waals surface area contributed by atoms with E-state index >= 15 is 0 Å². The first-order valence-electron chi connectivity index (χ1n) is 8.29. The van der Waals surface area contributed by atoms with Gasteiger partial charge in [-0.2, -0.15) is 11.8 Å². The van der Waals surface area contributed by atoms with Gasteiger partial charge in [0, 0.05) is 38.5 Å². The van der Waals surface area contributed by atoms with Gasteiger partial charge in [0.05, 0.1) is 10.9 Å². The van der Waals surface area contributed by atoms with Crippen molar-refractivity contribution in [2.75, 3.05) is 52.8 Å². The highest BCUT2D eigenvalue weighted by Crippen LogP contribution is 2.21. The first-order chi connectivity index (χ1) is 11.7. The van der Waals surface area contributed by atoms with E-state index in [1.54, 1.807) is 12.1 Å². The number of carbonyl (C=O) groups excluding carboxylic acids is 1. The van der Waals surface area contributed by atoms with Crippen LogP contribution in [-0.2, 0) is 10.0 Å². The molecule has 0 aromatic heterocycles. The molecule has 0 saturated carbocycles. The van der Waals surface area contributed by atoms with Gasteiger partial charge >= 0.3 is 0 Å². The maximum atomic E-state index is 13.0. The number of carbonyl (C=O) groups is 1. The van der Waals surface area contributed by atoms with E-state index in [0.29, 0.717) is 5.56 Å². The molecule has 0 N–H and O–H groups in total. The first kappa shape index (κ1) is 20.2. The maximum absolute atomic E-state index is 13.0. The topological polar surface area (TPSA) is 60.9 Å². The molecule has 0 bridgehead atoms. The second-order valence-electron chi connectivity index (χ2n) is 6.65. The highest BCUT2D eigenvalue weighted by molar-refractivity contribution is 7.99. The predicted octanol–water partition coefficient (Wildman–Crippen LogP) is 1.45. The van der Waals surface area contributed by atoms with Crippen molar-refractivity contribution in [1.82, 2.24) is 14.1 Å². The van der Waals surface area contributed by atoms with Crippen LogP contribution in [0.2, 0.25) is 0 Å². The molecule has 0 unspecified atom stereocenters. The summed E-state index contributed by atoms with van der Waals surface area (Å²) in [5.74, 6) is 1.97. The molecule has 25 heavy (non-hydrogen) atoms. The number of sulfonamides is 1. The number of hydrogen-bond acceptors (Lipinski definition) is 5. The molecule has 1 fully saturated rings. The van der Waals surface area contributed by atoms with Crippen molar-refractivity contribution in [3.8, 4) is 0 Å². The van der Waals surface area contributed by atoms with Gasteiger partial charge in [-0.05, 0) is 50.5 Å². The predicted molar refractivity (Wildman–Crippen MR) is 103 cm³/mol. The number of nitrogens with zero attached hydrogens (tertiary/aromatic N) is 3. The Balaban J connectivity index is 2.23. The van der Waals surface area contributed by atoms with E-state index in [2.05, 4.69) is 4.90 Å². The van der Waals surface area contributed by atoms with Crippen molar-refractivity contribution in [3.63, 3.8) is 0 Å². The SMILES string of the molecule is CN(C)C[C@@H]1CSCCCN1C(=O)c1ccc(S(=O)(=O)N(C)C)cc1. The maximum Gasteiger partial charge on any atom is 0.254 e. The third-order valence-electron chi connectivity index (χ3n) is 4.16. The van der Waals surface area contributed by atoms with Gasteiger partial charge in [0.1, 0.15) is 0 Å². The fourth-order valence-electron chi connectivity index (χ4n) is 2.82. The minimum Gasteiger partial charge on any atom is -0.334 e. The fourth-order valence-corrected chi connectivity index (χ4v) is 4.77. The van der Waals surface area contributed by atoms with Gasteiger partial charge in [-0.3, -0.25) is 4.79 Å². The summed E-state index contributed by atoms with van der Waals surface area (Å²) in [6.45, 7) is 1.56. The molecular formula is C17H27N3O3S2. The van der Waals surface area contributed by atoms with Crippen LogP contribution in [-0.4, -0.2) is 87.3 Å². The summed E-state index contributed by atoms with van der Waals surface area (Å²) in [4.78, 5) is 17.2. The molecule has 6 nitrogen and oxygen atoms in total. The monoisotopic (exact) mass is 385 g/mol. The molecule has 0 radical (unpaired) electrons. The van der Waals surface area contributed by atoms with Crippen LogP contribution < -0.4 is 0 Å². The van der Waals surface area contributed by atoms with E-state index in [1.165, 1.54) is 30.5 Å². The Morgan fingerprint density at radius 3 is 2.40 bits per heavy atom. The number of amides is 1. The van der Waals surface area contributed by atoms with E-state index in [1.807, 2.05) is 30.8 Å². The van der Waals surface area contributed by atoms with Gasteiger partial charge in [0.15, 0.2) is 0 Å². The van der Waals surface area contributed by atoms with Crippen molar-refractivity contribution in [2.45, 2.75) is 17.4 Å². The van der Waals surface area contributed by atoms with Crippen molar-refractivity contribution in [2.24, 2.45) is 0 Å². The second-order valence-corrected chi connectivity index (χ2v) is 9.96. The highest BCUT2D eigenvalue weighted by Gasteiger charge is 2.27. The minimum absolute atomic E-state index is 0.0249. The summed E-state index contributed by atoms with van der Waals surface area (Å²) in [5.41, 5.74) is 0.536. The van der Waals surface area contributed by atoms with Crippen LogP contribution in [0.3, 0.4) is 0 Å². The summed E-state index contributed by atoms with van der Waals surface area (Å²) in [6, 6.07) is 6.42. The van der Waals surface area contributed by atoms with Gasteiger partial charge in [0.2, 0.25) is 10.0 Å². The molecule has 1 heterocycles. The summed E-state index contributed by atoms with van der Waals surface area (Å²) in [7, 11) is 3.54. The van der Waals surface area contributed by atoms with Crippen molar-refractivity contribution in [3.05, 3.63) is 29.8 Å². The lowest BCUT2D eigenvalue weighted by atomic mass is 10.1. The second kappa shape index (κ2) is 8.53. The number of thioether (sulfide) groups is 1. The number of benzene rings is 1. The normalized spacial score (nSPS) is 19.3. The zero-order valence-electron chi connectivity index (χ0n) is 15.3. The average Bonchev–Trinajstić information content (AvgIpc) is 2.79. The van der Waals surface area contributed by atoms with E-state index < -0.39 is 10.0 Å². The Morgan fingerprint density at radius 1 is 1.20 bits per heavy atom. The molecule has 1 aromatic rings. The number of rotatable bonds is 5. The molecule has 1 aliphatic rings. The molecule has 1 saturated heterocycles. The Kier molecular flexibility index (Phi) is 6.90. The quantitative estimate of drug-likeness (QED) is 0.768. The molecule has 0 spiro atoms. The highest BCUT2D eigenvalue weighted by atomic mass is 32.2. The standard InChI is InChI=1S/C17H27N3O3S2/c1-18(2)12-15-13-24-11-5-10-20(15)17(21)14-6-8-16(9-7-14)25(22,23)19(3)4/h6-9,15H,5,10-13H2,1-4H3/t15-/m1/s1. The summed E-state index contributed by atoms with van der Waals surface area (Å²) < 4.78 is 25.5. The van der Waals surface area contributed by atoms with Crippen LogP contribution >= 0.6 is 11.8 Å². The summed E-state index contributed by atoms with van der Waals surface area (Å²) in [6.07, 6.45) is 0.980. The van der Waals surface area contributed by atoms with Crippen LogP contribution in [0.5, 0.6) is 0 Å². The molecule has 140 valence electrons. The lowest BCUT2D eigenvalue weighted by Crippen LogP contribution is -2.46. The Morgan fingerprint density at radius 2 is 1.84 bits per heavy atom. The Hall–Kier alpha value is -1.09. The van der Waals surface area contributed by atoms with Gasteiger partial charge in [0.25, 0.3) is 5.91 Å². The van der Waals surface area contributed by atoms with Crippen LogP contribution in [0.4, 0.5) is 0 Å². The third-order valence-corrected chi connectivity index (χ3v) is 7.18. The van der Waals surface area contributed by atoms with Crippen LogP contribution in [0, 0.1) is 0 Å². The van der Waals surface area contributed by atoms with Crippen molar-refractivity contribution < 1.29 is 13.2 Å². The average molecular weight is 386 g/mol. The van der Waals surface area contributed by atoms with Gasteiger partial charge in [-0.25, -0.2) is 12.7 Å². The van der Waals surface area contributed by atoms with E-state index in [4.69, 9.17) is 0 Å². The fraction of sp³-hybridized carbons (Fsp3) is 0.588. The van der Waals surface area contributed by atoms with Gasteiger partial charge in [-0.1, -0.05) is 0 Å². The van der Waals surface area contributed by atoms with Crippen molar-refractivity contribution >= 4 is 27.7 Å². The van der Waals surface area contributed by atoms with E-state index in [9.17, 15) is 13.2 Å². The van der Waals surface area contributed by atoms with Gasteiger partial charge in [-0.15, -0.1) is 0 Å². The lowest BCUT2D eigenvalue weighted by molar-refractivity contribution is 0.0675. The molecule has 0 aliphatic carbocycles. The first-order valence-corrected chi connectivity index (χ1v) is 10.9. The lowest BCUT2D eigenvalue weighted by Gasteiger charge is -2.31. The molecule has 1 amide bonds. The smallest absolute Gasteiger partial charge is 0.254 e. The van der Waals surface area contributed by atoms with Crippen LogP contribution in [0.25, 0.3) is 0 Å². The number of hydrogen-bond donors (Lipinski definition) is 0. The largest absolute Gasteiger partial charge is 0.334 e. The molecular weight excluding hydrogens is 358 g/mol. The zero-order chi connectivity index (χ0) is 18.6. The molecule has 8 heteroatoms. The van der Waals surface area contributed by atoms with E-state index in [0.717, 1.165) is 31.0 Å². The summed E-state index contributed by atoms with van der Waals surface area (Å²) in [5, 5.41) is 0. The molecule has 1 atom stereocenters.